The Bertz CT molecular complexity index is 1020. The highest BCUT2D eigenvalue weighted by atomic mass is 35.5. The van der Waals surface area contributed by atoms with E-state index in [0.717, 1.165) is 43.3 Å². The van der Waals surface area contributed by atoms with Gasteiger partial charge in [0.1, 0.15) is 0 Å². The quantitative estimate of drug-likeness (QED) is 0.633. The molecule has 1 aromatic carbocycles. The highest BCUT2D eigenvalue weighted by Crippen LogP contribution is 2.63. The third-order valence-electron chi connectivity index (χ3n) is 6.62. The number of hydrogen-bond donors (Lipinski definition) is 1. The van der Waals surface area contributed by atoms with Crippen LogP contribution in [0.25, 0.3) is 10.9 Å². The highest BCUT2D eigenvalue weighted by Gasteiger charge is 2.58. The number of rotatable bonds is 3. The summed E-state index contributed by atoms with van der Waals surface area (Å²) in [6, 6.07) is 11.4. The summed E-state index contributed by atoms with van der Waals surface area (Å²) >= 11 is 5.92. The van der Waals surface area contributed by atoms with Crippen molar-refractivity contribution in [1.29, 1.82) is 0 Å². The molecular weight excluding hydrogens is 370 g/mol. The lowest BCUT2D eigenvalue weighted by molar-refractivity contribution is -0.118. The Kier molecular flexibility index (Phi) is 4.31. The number of halogens is 1. The van der Waals surface area contributed by atoms with Crippen molar-refractivity contribution in [2.45, 2.75) is 38.0 Å². The van der Waals surface area contributed by atoms with Crippen LogP contribution in [0.15, 0.2) is 55.0 Å². The number of pyridine rings is 2. The van der Waals surface area contributed by atoms with Gasteiger partial charge in [0.15, 0.2) is 0 Å². The van der Waals surface area contributed by atoms with Crippen molar-refractivity contribution in [3.05, 3.63) is 65.6 Å². The topological polar surface area (TPSA) is 54.9 Å². The Hall–Kier alpha value is -2.46. The van der Waals surface area contributed by atoms with E-state index in [4.69, 9.17) is 11.6 Å². The number of amides is 1. The number of fused-ring (bicyclic) bond motifs is 1. The lowest BCUT2D eigenvalue weighted by Gasteiger charge is -2.30. The molecule has 0 aliphatic heterocycles. The molecule has 5 heteroatoms. The molecule has 2 saturated carbocycles. The van der Waals surface area contributed by atoms with Crippen LogP contribution in [0.3, 0.4) is 0 Å². The molecule has 28 heavy (non-hydrogen) atoms. The van der Waals surface area contributed by atoms with Gasteiger partial charge in [-0.3, -0.25) is 14.8 Å². The van der Waals surface area contributed by atoms with E-state index in [0.29, 0.717) is 10.9 Å². The summed E-state index contributed by atoms with van der Waals surface area (Å²) in [6.45, 7) is 0. The fraction of sp³-hybridized carbons (Fsp3) is 0.348. The van der Waals surface area contributed by atoms with Gasteiger partial charge in [0, 0.05) is 40.6 Å². The highest BCUT2D eigenvalue weighted by molar-refractivity contribution is 6.30. The van der Waals surface area contributed by atoms with Crippen LogP contribution in [-0.4, -0.2) is 15.9 Å². The van der Waals surface area contributed by atoms with Crippen LogP contribution in [-0.2, 0) is 4.79 Å². The van der Waals surface area contributed by atoms with Gasteiger partial charge in [-0.25, -0.2) is 0 Å². The van der Waals surface area contributed by atoms with E-state index in [2.05, 4.69) is 21.4 Å². The van der Waals surface area contributed by atoms with Gasteiger partial charge in [0.25, 0.3) is 0 Å². The monoisotopic (exact) mass is 391 g/mol. The molecule has 1 atom stereocenters. The van der Waals surface area contributed by atoms with E-state index < -0.39 is 0 Å². The fourth-order valence-electron chi connectivity index (χ4n) is 4.90. The number of carbonyl (C=O) groups excluding carboxylic acids is 1. The first-order valence-electron chi connectivity index (χ1n) is 9.90. The molecule has 0 saturated heterocycles. The molecule has 5 rings (SSSR count). The maximum absolute atomic E-state index is 12.7. The molecule has 1 N–H and O–H groups in total. The molecule has 2 aliphatic rings. The first-order chi connectivity index (χ1) is 13.6. The van der Waals surface area contributed by atoms with Gasteiger partial charge in [-0.2, -0.15) is 0 Å². The van der Waals surface area contributed by atoms with Crippen LogP contribution in [0, 0.1) is 11.3 Å². The van der Waals surface area contributed by atoms with Crippen molar-refractivity contribution >= 4 is 34.1 Å². The van der Waals surface area contributed by atoms with Gasteiger partial charge in [-0.15, -0.1) is 0 Å². The summed E-state index contributed by atoms with van der Waals surface area (Å²) in [5, 5.41) is 4.90. The summed E-state index contributed by atoms with van der Waals surface area (Å²) in [6.07, 6.45) is 11.1. The molecule has 0 bridgehead atoms. The van der Waals surface area contributed by atoms with Gasteiger partial charge in [0.2, 0.25) is 5.91 Å². The summed E-state index contributed by atoms with van der Waals surface area (Å²) in [5.41, 5.74) is 3.39. The molecule has 2 heterocycles. The fourth-order valence-corrected chi connectivity index (χ4v) is 5.03. The predicted octanol–water partition coefficient (Wildman–Crippen LogP) is 5.59. The Morgan fingerprint density at radius 3 is 2.64 bits per heavy atom. The smallest absolute Gasteiger partial charge is 0.228 e. The number of aromatic nitrogens is 2. The summed E-state index contributed by atoms with van der Waals surface area (Å²) in [5.74, 6) is 0.820. The molecule has 142 valence electrons. The summed E-state index contributed by atoms with van der Waals surface area (Å²) in [4.78, 5) is 21.4. The maximum atomic E-state index is 12.7. The van der Waals surface area contributed by atoms with Crippen LogP contribution in [0.1, 0.15) is 43.6 Å². The minimum absolute atomic E-state index is 0.139. The van der Waals surface area contributed by atoms with Crippen molar-refractivity contribution in [1.82, 2.24) is 9.97 Å². The van der Waals surface area contributed by atoms with E-state index >= 15 is 0 Å². The lowest BCUT2D eigenvalue weighted by Crippen LogP contribution is -2.22. The second-order valence-electron chi connectivity index (χ2n) is 8.18. The van der Waals surface area contributed by atoms with Crippen molar-refractivity contribution in [2.24, 2.45) is 11.3 Å². The third kappa shape index (κ3) is 3.16. The molecule has 2 aliphatic carbocycles. The Balaban J connectivity index is 1.25. The molecule has 2 aromatic heterocycles. The van der Waals surface area contributed by atoms with Gasteiger partial charge in [-0.05, 0) is 85.4 Å². The second kappa shape index (κ2) is 6.85. The maximum Gasteiger partial charge on any atom is 0.228 e. The normalized spacial score (nSPS) is 26.3. The Morgan fingerprint density at radius 1 is 1.07 bits per heavy atom. The molecule has 1 amide bonds. The standard InChI is InChI=1S/C23H22ClN3O/c24-16-1-3-17(4-2-16)27-22(28)20-13-23(20)9-5-15(6-10-23)18-7-12-26-21-8-11-25-14-19(18)21/h1-4,7-8,11-12,14-15,20H,5-6,9-10,13H2,(H,27,28). The number of nitrogens with one attached hydrogen (secondary N) is 1. The largest absolute Gasteiger partial charge is 0.326 e. The van der Waals surface area contributed by atoms with Gasteiger partial charge in [-0.1, -0.05) is 11.6 Å². The summed E-state index contributed by atoms with van der Waals surface area (Å²) in [7, 11) is 0. The first-order valence-corrected chi connectivity index (χ1v) is 10.3. The van der Waals surface area contributed by atoms with Crippen molar-refractivity contribution in [3.8, 4) is 0 Å². The van der Waals surface area contributed by atoms with E-state index in [9.17, 15) is 4.79 Å². The van der Waals surface area contributed by atoms with Crippen LogP contribution in [0.4, 0.5) is 5.69 Å². The van der Waals surface area contributed by atoms with Crippen LogP contribution in [0.5, 0.6) is 0 Å². The number of carbonyl (C=O) groups is 1. The molecule has 0 radical (unpaired) electrons. The zero-order valence-electron chi connectivity index (χ0n) is 15.6. The molecule has 1 spiro atoms. The second-order valence-corrected chi connectivity index (χ2v) is 8.62. The van der Waals surface area contributed by atoms with Crippen molar-refractivity contribution in [2.75, 3.05) is 5.32 Å². The van der Waals surface area contributed by atoms with Gasteiger partial charge < -0.3 is 5.32 Å². The van der Waals surface area contributed by atoms with Gasteiger partial charge >= 0.3 is 0 Å². The number of anilines is 1. The van der Waals surface area contributed by atoms with Crippen molar-refractivity contribution < 1.29 is 4.79 Å². The first kappa shape index (κ1) is 17.6. The average molecular weight is 392 g/mol. The van der Waals surface area contributed by atoms with Crippen molar-refractivity contribution in [3.63, 3.8) is 0 Å². The van der Waals surface area contributed by atoms with Crippen LogP contribution in [0.2, 0.25) is 5.02 Å². The minimum Gasteiger partial charge on any atom is -0.326 e. The predicted molar refractivity (Wildman–Crippen MR) is 111 cm³/mol. The average Bonchev–Trinajstić information content (AvgIpc) is 3.43. The van der Waals surface area contributed by atoms with E-state index in [1.807, 2.05) is 30.6 Å². The molecule has 3 aromatic rings. The number of hydrogen-bond acceptors (Lipinski definition) is 3. The zero-order valence-corrected chi connectivity index (χ0v) is 16.3. The molecule has 1 unspecified atom stereocenters. The van der Waals surface area contributed by atoms with Crippen LogP contribution >= 0.6 is 11.6 Å². The molecular formula is C23H22ClN3O. The Morgan fingerprint density at radius 2 is 1.86 bits per heavy atom. The minimum atomic E-state index is 0.139. The summed E-state index contributed by atoms with van der Waals surface area (Å²) < 4.78 is 0. The zero-order chi connectivity index (χ0) is 19.1. The Labute approximate surface area is 169 Å². The third-order valence-corrected chi connectivity index (χ3v) is 6.87. The lowest BCUT2D eigenvalue weighted by atomic mass is 9.75. The van der Waals surface area contributed by atoms with E-state index in [1.165, 1.54) is 10.9 Å². The van der Waals surface area contributed by atoms with Gasteiger partial charge in [0.05, 0.1) is 5.52 Å². The number of nitrogens with zero attached hydrogens (tertiary/aromatic N) is 2. The SMILES string of the molecule is O=C(Nc1ccc(Cl)cc1)C1CC12CCC(c1ccnc3ccncc13)CC2. The van der Waals surface area contributed by atoms with Crippen LogP contribution < -0.4 is 5.32 Å². The molecule has 4 nitrogen and oxygen atoms in total. The van der Waals surface area contributed by atoms with E-state index in [1.54, 1.807) is 18.3 Å². The molecule has 2 fully saturated rings. The van der Waals surface area contributed by atoms with E-state index in [-0.39, 0.29) is 17.2 Å². The number of benzene rings is 1.